The molecule has 5 amide bonds. The van der Waals surface area contributed by atoms with Gasteiger partial charge in [-0.15, -0.1) is 0 Å². The summed E-state index contributed by atoms with van der Waals surface area (Å²) in [5, 5.41) is 24.7. The molecular weight excluding hydrogens is 472 g/mol. The molecule has 17 nitrogen and oxygen atoms in total. The molecule has 192 valence electrons. The van der Waals surface area contributed by atoms with E-state index < -0.39 is 84.9 Å². The number of amides is 5. The van der Waals surface area contributed by atoms with E-state index in [-0.39, 0.29) is 6.42 Å². The smallest absolute Gasteiger partial charge is 0.326 e. The summed E-state index contributed by atoms with van der Waals surface area (Å²) in [4.78, 5) is 88.7. The maximum atomic E-state index is 12.8. The lowest BCUT2D eigenvalue weighted by Gasteiger charge is -2.24. The van der Waals surface area contributed by atoms with Crippen LogP contribution in [-0.2, 0) is 40.0 Å². The first-order chi connectivity index (χ1) is 16.3. The molecule has 0 radical (unpaired) electrons. The van der Waals surface area contributed by atoms with Gasteiger partial charge < -0.3 is 48.3 Å². The van der Waals surface area contributed by atoms with Crippen LogP contribution in [0.25, 0.3) is 0 Å². The SMILES string of the molecule is NC(=O)CC(N)C(=O)NC(CC(=O)O)C(=O)NC(Cc1cnc[nH]1)C(=O)NC(CC(N)=O)C(=O)O. The van der Waals surface area contributed by atoms with Crippen molar-refractivity contribution < 1.29 is 43.8 Å². The van der Waals surface area contributed by atoms with E-state index in [1.807, 2.05) is 0 Å². The molecule has 0 aliphatic rings. The van der Waals surface area contributed by atoms with Crippen molar-refractivity contribution in [2.75, 3.05) is 0 Å². The van der Waals surface area contributed by atoms with Gasteiger partial charge in [0.15, 0.2) is 0 Å². The van der Waals surface area contributed by atoms with E-state index in [9.17, 15) is 38.7 Å². The molecule has 0 spiro atoms. The number of nitrogens with one attached hydrogen (secondary N) is 4. The number of primary amides is 2. The molecule has 35 heavy (non-hydrogen) atoms. The summed E-state index contributed by atoms with van der Waals surface area (Å²) in [6, 6.07) is -6.39. The van der Waals surface area contributed by atoms with Gasteiger partial charge in [0.05, 0.1) is 31.6 Å². The number of rotatable bonds is 15. The Kier molecular flexibility index (Phi) is 10.8. The zero-order valence-electron chi connectivity index (χ0n) is 18.2. The van der Waals surface area contributed by atoms with Gasteiger partial charge in [0, 0.05) is 18.3 Å². The third-order valence-corrected chi connectivity index (χ3v) is 4.40. The minimum absolute atomic E-state index is 0.255. The Morgan fingerprint density at radius 2 is 1.37 bits per heavy atom. The van der Waals surface area contributed by atoms with Crippen molar-refractivity contribution in [2.45, 2.75) is 49.9 Å². The molecule has 17 heteroatoms. The van der Waals surface area contributed by atoms with Crippen LogP contribution in [-0.4, -0.2) is 85.8 Å². The van der Waals surface area contributed by atoms with Crippen molar-refractivity contribution in [1.29, 1.82) is 0 Å². The standard InChI is InChI=1S/C18H26N8O9/c19-8(2-12(20)27)15(31)24-10(4-14(29)30)17(33)25-9(1-7-5-22-6-23-7)16(32)26-11(18(34)35)3-13(21)28/h5-6,8-11H,1-4,19H2,(H2,20,27)(H2,21,28)(H,22,23)(H,24,31)(H,25,33)(H,26,32)(H,29,30)(H,34,35). The number of nitrogens with two attached hydrogens (primary N) is 3. The Morgan fingerprint density at radius 3 is 1.86 bits per heavy atom. The fourth-order valence-corrected chi connectivity index (χ4v) is 2.74. The maximum Gasteiger partial charge on any atom is 0.326 e. The summed E-state index contributed by atoms with van der Waals surface area (Å²) in [6.07, 6.45) is 0.0978. The van der Waals surface area contributed by atoms with Gasteiger partial charge in [-0.25, -0.2) is 9.78 Å². The van der Waals surface area contributed by atoms with E-state index in [1.54, 1.807) is 0 Å². The third kappa shape index (κ3) is 10.3. The normalized spacial score (nSPS) is 14.0. The van der Waals surface area contributed by atoms with Crippen molar-refractivity contribution in [3.05, 3.63) is 18.2 Å². The first-order valence-electron chi connectivity index (χ1n) is 9.95. The lowest BCUT2D eigenvalue weighted by Crippen LogP contribution is -2.58. The third-order valence-electron chi connectivity index (χ3n) is 4.40. The summed E-state index contributed by atoms with van der Waals surface area (Å²) < 4.78 is 0. The van der Waals surface area contributed by atoms with Crippen LogP contribution in [0.2, 0.25) is 0 Å². The van der Waals surface area contributed by atoms with E-state index in [2.05, 4.69) is 25.9 Å². The Bertz CT molecular complexity index is 965. The summed E-state index contributed by atoms with van der Waals surface area (Å²) in [6.45, 7) is 0. The number of aliphatic carboxylic acids is 2. The van der Waals surface area contributed by atoms with E-state index in [1.165, 1.54) is 12.5 Å². The Hall–Kier alpha value is -4.54. The summed E-state index contributed by atoms with van der Waals surface area (Å²) in [5.74, 6) is -8.21. The number of hydrogen-bond acceptors (Lipinski definition) is 9. The highest BCUT2D eigenvalue weighted by atomic mass is 16.4. The van der Waals surface area contributed by atoms with Gasteiger partial charge in [0.2, 0.25) is 29.5 Å². The number of aromatic nitrogens is 2. The average molecular weight is 498 g/mol. The van der Waals surface area contributed by atoms with Crippen LogP contribution in [0.15, 0.2) is 12.5 Å². The van der Waals surface area contributed by atoms with Crippen molar-refractivity contribution in [2.24, 2.45) is 17.2 Å². The number of H-pyrrole nitrogens is 1. The lowest BCUT2D eigenvalue weighted by molar-refractivity contribution is -0.144. The molecule has 1 heterocycles. The summed E-state index contributed by atoms with van der Waals surface area (Å²) >= 11 is 0. The number of imidazole rings is 1. The van der Waals surface area contributed by atoms with Crippen LogP contribution in [0.4, 0.5) is 0 Å². The minimum Gasteiger partial charge on any atom is -0.481 e. The highest BCUT2D eigenvalue weighted by molar-refractivity contribution is 5.97. The van der Waals surface area contributed by atoms with E-state index in [0.717, 1.165) is 0 Å². The Morgan fingerprint density at radius 1 is 0.829 bits per heavy atom. The molecule has 1 rings (SSSR count). The summed E-state index contributed by atoms with van der Waals surface area (Å²) in [5.41, 5.74) is 15.8. The largest absolute Gasteiger partial charge is 0.481 e. The quantitative estimate of drug-likeness (QED) is 0.110. The first kappa shape index (κ1) is 28.5. The van der Waals surface area contributed by atoms with Crippen LogP contribution in [0.1, 0.15) is 25.0 Å². The second-order valence-electron chi connectivity index (χ2n) is 7.35. The molecule has 0 aromatic carbocycles. The highest BCUT2D eigenvalue weighted by Gasteiger charge is 2.32. The summed E-state index contributed by atoms with van der Waals surface area (Å²) in [7, 11) is 0. The molecule has 1 aromatic rings. The van der Waals surface area contributed by atoms with Gasteiger partial charge in [0.1, 0.15) is 18.1 Å². The van der Waals surface area contributed by atoms with Crippen LogP contribution < -0.4 is 33.2 Å². The zero-order valence-corrected chi connectivity index (χ0v) is 18.2. The van der Waals surface area contributed by atoms with Crippen molar-refractivity contribution in [3.8, 4) is 0 Å². The Labute approximate surface area is 197 Å². The number of aromatic amines is 1. The first-order valence-corrected chi connectivity index (χ1v) is 9.95. The van der Waals surface area contributed by atoms with Crippen LogP contribution >= 0.6 is 0 Å². The van der Waals surface area contributed by atoms with E-state index in [4.69, 9.17) is 22.3 Å². The zero-order chi connectivity index (χ0) is 26.7. The Balaban J connectivity index is 3.09. The molecule has 1 aromatic heterocycles. The topological polar surface area (TPSA) is 303 Å². The van der Waals surface area contributed by atoms with Crippen molar-refractivity contribution in [1.82, 2.24) is 25.9 Å². The lowest BCUT2D eigenvalue weighted by atomic mass is 10.1. The molecule has 0 aliphatic heterocycles. The molecule has 0 aliphatic carbocycles. The van der Waals surface area contributed by atoms with E-state index >= 15 is 0 Å². The fourth-order valence-electron chi connectivity index (χ4n) is 2.74. The van der Waals surface area contributed by atoms with E-state index in [0.29, 0.717) is 5.69 Å². The van der Waals surface area contributed by atoms with Crippen molar-refractivity contribution in [3.63, 3.8) is 0 Å². The number of carboxylic acid groups (broad SMARTS) is 2. The minimum atomic E-state index is -1.73. The predicted molar refractivity (Wildman–Crippen MR) is 114 cm³/mol. The maximum absolute atomic E-state index is 12.8. The van der Waals surface area contributed by atoms with Gasteiger partial charge >= 0.3 is 11.9 Å². The monoisotopic (exact) mass is 498 g/mol. The number of carbonyl (C=O) groups excluding carboxylic acids is 5. The van der Waals surface area contributed by atoms with Gasteiger partial charge in [-0.05, 0) is 0 Å². The van der Waals surface area contributed by atoms with Crippen LogP contribution in [0, 0.1) is 0 Å². The number of carboxylic acids is 2. The number of nitrogens with zero attached hydrogens (tertiary/aromatic N) is 1. The van der Waals surface area contributed by atoms with Gasteiger partial charge in [-0.3, -0.25) is 28.8 Å². The van der Waals surface area contributed by atoms with Gasteiger partial charge in [0.25, 0.3) is 0 Å². The molecule has 0 fully saturated rings. The predicted octanol–water partition coefficient (Wildman–Crippen LogP) is -4.96. The molecule has 4 unspecified atom stereocenters. The number of hydrogen-bond donors (Lipinski definition) is 9. The second kappa shape index (κ2) is 13.2. The molecule has 0 saturated carbocycles. The fraction of sp³-hybridized carbons (Fsp3) is 0.444. The number of carbonyl (C=O) groups is 7. The van der Waals surface area contributed by atoms with Gasteiger partial charge in [-0.1, -0.05) is 0 Å². The molecule has 0 bridgehead atoms. The van der Waals surface area contributed by atoms with Crippen LogP contribution in [0.5, 0.6) is 0 Å². The average Bonchev–Trinajstić information content (AvgIpc) is 3.24. The molecule has 12 N–H and O–H groups in total. The van der Waals surface area contributed by atoms with Crippen molar-refractivity contribution >= 4 is 41.5 Å². The van der Waals surface area contributed by atoms with Crippen LogP contribution in [0.3, 0.4) is 0 Å². The molecule has 4 atom stereocenters. The highest BCUT2D eigenvalue weighted by Crippen LogP contribution is 2.04. The van der Waals surface area contributed by atoms with Gasteiger partial charge in [-0.2, -0.15) is 0 Å². The molecular formula is C18H26N8O9. The second-order valence-corrected chi connectivity index (χ2v) is 7.35. The molecule has 0 saturated heterocycles.